The largest absolute Gasteiger partial charge is 0.453 e. The van der Waals surface area contributed by atoms with Crippen LogP contribution in [0, 0.1) is 23.5 Å². The minimum atomic E-state index is -3.28. The summed E-state index contributed by atoms with van der Waals surface area (Å²) in [6.07, 6.45) is 6.43. The summed E-state index contributed by atoms with van der Waals surface area (Å²) in [5.41, 5.74) is 1.21. The second-order valence-corrected chi connectivity index (χ2v) is 14.6. The van der Waals surface area contributed by atoms with Gasteiger partial charge in [-0.3, -0.25) is 4.79 Å². The first-order valence-electron chi connectivity index (χ1n) is 15.8. The van der Waals surface area contributed by atoms with Gasteiger partial charge in [-0.1, -0.05) is 43.5 Å². The van der Waals surface area contributed by atoms with Crippen molar-refractivity contribution in [3.63, 3.8) is 0 Å². The van der Waals surface area contributed by atoms with Crippen molar-refractivity contribution in [1.82, 2.24) is 14.9 Å². The molecule has 2 aromatic carbocycles. The number of ketones is 1. The molecule has 44 heavy (non-hydrogen) atoms. The normalized spacial score (nSPS) is 27.2. The zero-order valence-corrected chi connectivity index (χ0v) is 26.0. The van der Waals surface area contributed by atoms with Gasteiger partial charge in [0.25, 0.3) is 0 Å². The predicted octanol–water partition coefficient (Wildman–Crippen LogP) is 5.13. The van der Waals surface area contributed by atoms with E-state index >= 15 is 0 Å². The number of amides is 1. The summed E-state index contributed by atoms with van der Waals surface area (Å²) in [5.74, 6) is -1.23. The van der Waals surface area contributed by atoms with E-state index in [2.05, 4.69) is 10.6 Å². The van der Waals surface area contributed by atoms with Crippen LogP contribution >= 0.6 is 0 Å². The van der Waals surface area contributed by atoms with Crippen LogP contribution < -0.4 is 10.6 Å². The fourth-order valence-corrected chi connectivity index (χ4v) is 9.23. The highest BCUT2D eigenvalue weighted by molar-refractivity contribution is 7.89. The first kappa shape index (κ1) is 32.5. The highest BCUT2D eigenvalue weighted by Crippen LogP contribution is 2.38. The molecule has 2 heterocycles. The summed E-state index contributed by atoms with van der Waals surface area (Å²) < 4.78 is 60.3. The topological polar surface area (TPSA) is 105 Å². The Morgan fingerprint density at radius 2 is 1.55 bits per heavy atom. The van der Waals surface area contributed by atoms with Crippen LogP contribution in [0.3, 0.4) is 0 Å². The van der Waals surface area contributed by atoms with Crippen molar-refractivity contribution >= 4 is 21.9 Å². The second-order valence-electron chi connectivity index (χ2n) is 12.5. The summed E-state index contributed by atoms with van der Waals surface area (Å²) in [5, 5.41) is 6.28. The number of nitrogens with one attached hydrogen (secondary N) is 2. The number of nitrogens with zero attached hydrogens (tertiary/aromatic N) is 1. The van der Waals surface area contributed by atoms with Gasteiger partial charge in [-0.05, 0) is 79.3 Å². The first-order chi connectivity index (χ1) is 21.1. The lowest BCUT2D eigenvalue weighted by Gasteiger charge is -2.39. The van der Waals surface area contributed by atoms with E-state index < -0.39 is 39.7 Å². The Morgan fingerprint density at radius 3 is 2.16 bits per heavy atom. The average molecular weight is 632 g/mol. The molecule has 1 amide bonds. The molecular formula is C33H43F2N3O5S. The smallest absolute Gasteiger partial charge is 0.407 e. The molecule has 3 aliphatic rings. The number of methoxy groups -OCH3 is 1. The number of carbonyl (C=O) groups excluding carboxylic acids is 2. The molecule has 0 radical (unpaired) electrons. The Hall–Kier alpha value is -2.89. The maximum Gasteiger partial charge on any atom is 0.407 e. The SMILES string of the molecule is COC(=O)N[C@H](C(=O)C[C@H]1CCCC[C@@H]1CC[C@H]1CN[C@@H]2CCCS(=O)(=O)N1C2)C(c1ccc(F)cc1)c1ccc(F)cc1. The maximum absolute atomic E-state index is 14.2. The van der Waals surface area contributed by atoms with Gasteiger partial charge >= 0.3 is 6.09 Å². The molecule has 5 rings (SSSR count). The van der Waals surface area contributed by atoms with Crippen LogP contribution in [0.25, 0.3) is 0 Å². The zero-order chi connectivity index (χ0) is 31.3. The molecule has 2 saturated heterocycles. The molecule has 2 bridgehead atoms. The van der Waals surface area contributed by atoms with Crippen molar-refractivity contribution in [3.05, 3.63) is 71.3 Å². The quantitative estimate of drug-likeness (QED) is 0.377. The van der Waals surface area contributed by atoms with Gasteiger partial charge in [0.05, 0.1) is 12.9 Å². The molecule has 6 atom stereocenters. The van der Waals surface area contributed by atoms with Gasteiger partial charge < -0.3 is 15.4 Å². The van der Waals surface area contributed by atoms with Crippen LogP contribution in [0.1, 0.15) is 74.8 Å². The Labute approximate surface area is 259 Å². The lowest BCUT2D eigenvalue weighted by atomic mass is 9.72. The van der Waals surface area contributed by atoms with Crippen molar-refractivity contribution in [1.29, 1.82) is 0 Å². The third-order valence-electron chi connectivity index (χ3n) is 9.76. The van der Waals surface area contributed by atoms with Gasteiger partial charge in [-0.15, -0.1) is 0 Å². The van der Waals surface area contributed by atoms with Gasteiger partial charge in [0.1, 0.15) is 17.7 Å². The molecule has 0 spiro atoms. The summed E-state index contributed by atoms with van der Waals surface area (Å²) in [6, 6.07) is 10.6. The molecule has 2 N–H and O–H groups in total. The van der Waals surface area contributed by atoms with E-state index in [0.717, 1.165) is 44.9 Å². The number of hydrogen-bond acceptors (Lipinski definition) is 6. The Balaban J connectivity index is 1.35. The number of halogens is 2. The van der Waals surface area contributed by atoms with Crippen LogP contribution in [-0.2, 0) is 19.6 Å². The number of Topliss-reactive ketones (excluding diaryl/α,β-unsaturated/α-hetero) is 1. The number of piperazine rings is 1. The number of hydrogen-bond donors (Lipinski definition) is 2. The second kappa shape index (κ2) is 14.5. The van der Waals surface area contributed by atoms with E-state index in [4.69, 9.17) is 4.74 Å². The van der Waals surface area contributed by atoms with E-state index in [9.17, 15) is 26.8 Å². The van der Waals surface area contributed by atoms with E-state index in [1.165, 1.54) is 31.4 Å². The number of sulfonamides is 1. The number of alkyl carbamates (subject to hydrolysis) is 1. The number of ether oxygens (including phenoxy) is 1. The summed E-state index contributed by atoms with van der Waals surface area (Å²) >= 11 is 0. The van der Waals surface area contributed by atoms with Crippen LogP contribution in [0.15, 0.2) is 48.5 Å². The standard InChI is InChI=1S/C33H43F2N3O5S/c1-43-33(40)37-32(31(23-8-13-26(34)14-9-23)24-10-15-27(35)16-11-24)30(39)19-25-6-3-2-5-22(25)12-17-29-20-36-28-7-4-18-44(41,42)38(29)21-28/h8-11,13-16,22,25,28-29,31-32,36H,2-7,12,17-21H2,1H3,(H,37,40)/t22-,25-,28-,29+,32-/m1/s1. The third kappa shape index (κ3) is 7.84. The van der Waals surface area contributed by atoms with Gasteiger partial charge in [-0.25, -0.2) is 22.0 Å². The molecule has 240 valence electrons. The van der Waals surface area contributed by atoms with Gasteiger partial charge in [0, 0.05) is 37.5 Å². The number of rotatable bonds is 10. The van der Waals surface area contributed by atoms with Crippen molar-refractivity contribution in [2.75, 3.05) is 26.0 Å². The Bertz CT molecular complexity index is 1340. The molecule has 2 aliphatic heterocycles. The van der Waals surface area contributed by atoms with Crippen LogP contribution in [0.2, 0.25) is 0 Å². The lowest BCUT2D eigenvalue weighted by Crippen LogP contribution is -2.57. The fraction of sp³-hybridized carbons (Fsp3) is 0.576. The minimum absolute atomic E-state index is 0.0744. The Morgan fingerprint density at radius 1 is 0.932 bits per heavy atom. The number of benzene rings is 2. The maximum atomic E-state index is 14.2. The van der Waals surface area contributed by atoms with Crippen molar-refractivity contribution in [2.24, 2.45) is 11.8 Å². The number of fused-ring (bicyclic) bond motifs is 2. The minimum Gasteiger partial charge on any atom is -0.453 e. The van der Waals surface area contributed by atoms with Gasteiger partial charge in [0.2, 0.25) is 10.0 Å². The molecule has 1 saturated carbocycles. The lowest BCUT2D eigenvalue weighted by molar-refractivity contribution is -0.123. The molecule has 2 aromatic rings. The molecule has 1 aliphatic carbocycles. The average Bonchev–Trinajstić information content (AvgIpc) is 3.13. The highest BCUT2D eigenvalue weighted by Gasteiger charge is 2.40. The van der Waals surface area contributed by atoms with Crippen molar-refractivity contribution in [3.8, 4) is 0 Å². The van der Waals surface area contributed by atoms with E-state index in [-0.39, 0.29) is 41.9 Å². The summed E-state index contributed by atoms with van der Waals surface area (Å²) in [7, 11) is -2.05. The van der Waals surface area contributed by atoms with Crippen LogP contribution in [-0.4, -0.2) is 68.7 Å². The third-order valence-corrected chi connectivity index (χ3v) is 11.7. The van der Waals surface area contributed by atoms with Gasteiger partial charge in [-0.2, -0.15) is 4.31 Å². The fourth-order valence-electron chi connectivity index (χ4n) is 7.42. The van der Waals surface area contributed by atoms with Crippen molar-refractivity contribution in [2.45, 2.75) is 81.8 Å². The Kier molecular flexibility index (Phi) is 10.7. The summed E-state index contributed by atoms with van der Waals surface area (Å²) in [6.45, 7) is 1.16. The molecule has 11 heteroatoms. The summed E-state index contributed by atoms with van der Waals surface area (Å²) in [4.78, 5) is 26.7. The molecule has 3 fully saturated rings. The molecular weight excluding hydrogens is 588 g/mol. The molecule has 0 aromatic heterocycles. The van der Waals surface area contributed by atoms with Crippen LogP contribution in [0.4, 0.5) is 13.6 Å². The predicted molar refractivity (Wildman–Crippen MR) is 164 cm³/mol. The monoisotopic (exact) mass is 631 g/mol. The first-order valence-corrected chi connectivity index (χ1v) is 17.4. The van der Waals surface area contributed by atoms with E-state index in [0.29, 0.717) is 30.6 Å². The number of carbonyl (C=O) groups is 2. The van der Waals surface area contributed by atoms with Crippen molar-refractivity contribution < 1.29 is 31.5 Å². The van der Waals surface area contributed by atoms with E-state index in [1.807, 2.05) is 0 Å². The molecule has 8 nitrogen and oxygen atoms in total. The van der Waals surface area contributed by atoms with E-state index in [1.54, 1.807) is 28.6 Å². The zero-order valence-electron chi connectivity index (χ0n) is 25.2. The van der Waals surface area contributed by atoms with Gasteiger partial charge in [0.15, 0.2) is 5.78 Å². The molecule has 1 unspecified atom stereocenters. The van der Waals surface area contributed by atoms with Crippen LogP contribution in [0.5, 0.6) is 0 Å². The highest BCUT2D eigenvalue weighted by atomic mass is 32.2.